The number of rotatable bonds is 5. The van der Waals surface area contributed by atoms with Crippen molar-refractivity contribution in [1.82, 2.24) is 10.3 Å². The zero-order valence-corrected chi connectivity index (χ0v) is 15.1. The summed E-state index contributed by atoms with van der Waals surface area (Å²) in [6.45, 7) is 2.04. The molecule has 2 aromatic rings. The molecule has 5 nitrogen and oxygen atoms in total. The molecule has 1 atom stereocenters. The average Bonchev–Trinajstić information content (AvgIpc) is 3.13. The first-order valence-corrected chi connectivity index (χ1v) is 8.55. The summed E-state index contributed by atoms with van der Waals surface area (Å²) < 4.78 is -1.03. The van der Waals surface area contributed by atoms with Gasteiger partial charge in [0, 0.05) is 17.4 Å². The van der Waals surface area contributed by atoms with E-state index < -0.39 is 9.75 Å². The standard InChI is InChI=1S/C18H17Cl2N3O2/c1-17(11-18(17,19)20)16(25)23-13-7-4-5-12(9-13)15(24)22-10-14-6-2-3-8-21-14/h2-9H,10-11H2,1H3,(H,22,24)(H,23,25). The number of alkyl halides is 2. The molecule has 0 bridgehead atoms. The van der Waals surface area contributed by atoms with E-state index in [1.165, 1.54) is 0 Å². The smallest absolute Gasteiger partial charge is 0.251 e. The number of nitrogens with zero attached hydrogens (tertiary/aromatic N) is 1. The van der Waals surface area contributed by atoms with Crippen LogP contribution in [-0.2, 0) is 11.3 Å². The molecule has 1 aliphatic carbocycles. The Balaban J connectivity index is 1.63. The molecule has 1 fully saturated rings. The quantitative estimate of drug-likeness (QED) is 0.782. The van der Waals surface area contributed by atoms with Crippen molar-refractivity contribution in [2.75, 3.05) is 5.32 Å². The van der Waals surface area contributed by atoms with Gasteiger partial charge in [0.2, 0.25) is 5.91 Å². The second-order valence-electron chi connectivity index (χ2n) is 6.25. The minimum atomic E-state index is -1.03. The number of carbonyl (C=O) groups excluding carboxylic acids is 2. The highest BCUT2D eigenvalue weighted by Crippen LogP contribution is 2.64. The van der Waals surface area contributed by atoms with Crippen LogP contribution in [0.3, 0.4) is 0 Å². The van der Waals surface area contributed by atoms with E-state index in [2.05, 4.69) is 15.6 Å². The predicted molar refractivity (Wildman–Crippen MR) is 97.6 cm³/mol. The highest BCUT2D eigenvalue weighted by molar-refractivity contribution is 6.53. The van der Waals surface area contributed by atoms with Crippen LogP contribution in [0.2, 0.25) is 0 Å². The fourth-order valence-electron chi connectivity index (χ4n) is 2.43. The third-order valence-corrected chi connectivity index (χ3v) is 5.40. The Hall–Kier alpha value is -2.11. The molecule has 1 aliphatic rings. The number of halogens is 2. The summed E-state index contributed by atoms with van der Waals surface area (Å²) in [6.07, 6.45) is 2.07. The molecule has 0 spiro atoms. The Morgan fingerprint density at radius 3 is 2.60 bits per heavy atom. The van der Waals surface area contributed by atoms with Gasteiger partial charge in [0.1, 0.15) is 4.33 Å². The van der Waals surface area contributed by atoms with Gasteiger partial charge < -0.3 is 10.6 Å². The fraction of sp³-hybridized carbons (Fsp3) is 0.278. The Labute approximate surface area is 155 Å². The van der Waals surface area contributed by atoms with Crippen molar-refractivity contribution in [3.8, 4) is 0 Å². The number of hydrogen-bond donors (Lipinski definition) is 2. The summed E-state index contributed by atoms with van der Waals surface area (Å²) in [6, 6.07) is 12.2. The van der Waals surface area contributed by atoms with Crippen molar-refractivity contribution in [1.29, 1.82) is 0 Å². The summed E-state index contributed by atoms with van der Waals surface area (Å²) in [5.41, 5.74) is 0.917. The number of anilines is 1. The van der Waals surface area contributed by atoms with Crippen LogP contribution in [0.25, 0.3) is 0 Å². The second-order valence-corrected chi connectivity index (χ2v) is 7.74. The molecule has 2 amide bonds. The van der Waals surface area contributed by atoms with Crippen molar-refractivity contribution < 1.29 is 9.59 Å². The average molecular weight is 378 g/mol. The molecule has 0 radical (unpaired) electrons. The van der Waals surface area contributed by atoms with Gasteiger partial charge in [-0.1, -0.05) is 12.1 Å². The molecule has 0 aliphatic heterocycles. The molecule has 1 unspecified atom stereocenters. The first-order valence-electron chi connectivity index (χ1n) is 7.79. The number of benzene rings is 1. The predicted octanol–water partition coefficient (Wildman–Crippen LogP) is 3.53. The number of aromatic nitrogens is 1. The van der Waals surface area contributed by atoms with E-state index in [1.54, 1.807) is 37.4 Å². The Kier molecular flexibility index (Phi) is 4.71. The first kappa shape index (κ1) is 17.7. The van der Waals surface area contributed by atoms with E-state index in [-0.39, 0.29) is 11.8 Å². The minimum Gasteiger partial charge on any atom is -0.346 e. The summed E-state index contributed by atoms with van der Waals surface area (Å²) in [4.78, 5) is 28.7. The van der Waals surface area contributed by atoms with Gasteiger partial charge in [0.05, 0.1) is 17.7 Å². The maximum atomic E-state index is 12.3. The molecule has 25 heavy (non-hydrogen) atoms. The van der Waals surface area contributed by atoms with Crippen LogP contribution in [0.5, 0.6) is 0 Å². The van der Waals surface area contributed by atoms with Gasteiger partial charge in [0.15, 0.2) is 0 Å². The van der Waals surface area contributed by atoms with Crippen LogP contribution in [0, 0.1) is 5.41 Å². The number of hydrogen-bond acceptors (Lipinski definition) is 3. The number of pyridine rings is 1. The van der Waals surface area contributed by atoms with E-state index in [1.807, 2.05) is 18.2 Å². The number of nitrogens with one attached hydrogen (secondary N) is 2. The van der Waals surface area contributed by atoms with Crippen molar-refractivity contribution in [2.45, 2.75) is 24.2 Å². The molecule has 7 heteroatoms. The van der Waals surface area contributed by atoms with Gasteiger partial charge in [-0.05, 0) is 43.7 Å². The lowest BCUT2D eigenvalue weighted by atomic mass is 10.1. The van der Waals surface area contributed by atoms with Crippen LogP contribution >= 0.6 is 23.2 Å². The second kappa shape index (κ2) is 6.65. The molecule has 2 N–H and O–H groups in total. The topological polar surface area (TPSA) is 71.1 Å². The zero-order valence-electron chi connectivity index (χ0n) is 13.6. The SMILES string of the molecule is CC1(C(=O)Nc2cccc(C(=O)NCc3ccccn3)c2)CC1(Cl)Cl. The van der Waals surface area contributed by atoms with Crippen LogP contribution in [0.1, 0.15) is 29.4 Å². The van der Waals surface area contributed by atoms with E-state index in [0.29, 0.717) is 24.2 Å². The lowest BCUT2D eigenvalue weighted by Crippen LogP contribution is -2.26. The summed E-state index contributed by atoms with van der Waals surface area (Å²) in [5.74, 6) is -0.507. The molecular formula is C18H17Cl2N3O2. The van der Waals surface area contributed by atoms with E-state index >= 15 is 0 Å². The lowest BCUT2D eigenvalue weighted by Gasteiger charge is -2.13. The highest BCUT2D eigenvalue weighted by atomic mass is 35.5. The minimum absolute atomic E-state index is 0.247. The molecule has 1 aromatic heterocycles. The Morgan fingerprint density at radius 1 is 1.20 bits per heavy atom. The van der Waals surface area contributed by atoms with Crippen LogP contribution in [-0.4, -0.2) is 21.1 Å². The number of carbonyl (C=O) groups is 2. The summed E-state index contributed by atoms with van der Waals surface area (Å²) >= 11 is 12.1. The molecule has 130 valence electrons. The largest absolute Gasteiger partial charge is 0.346 e. The van der Waals surface area contributed by atoms with Crippen molar-refractivity contribution in [3.63, 3.8) is 0 Å². The van der Waals surface area contributed by atoms with Crippen molar-refractivity contribution >= 4 is 40.7 Å². The monoisotopic (exact) mass is 377 g/mol. The van der Waals surface area contributed by atoms with Gasteiger partial charge in [0.25, 0.3) is 5.91 Å². The van der Waals surface area contributed by atoms with E-state index in [0.717, 1.165) is 5.69 Å². The molecule has 3 rings (SSSR count). The van der Waals surface area contributed by atoms with Crippen molar-refractivity contribution in [3.05, 3.63) is 59.9 Å². The van der Waals surface area contributed by atoms with Gasteiger partial charge in [-0.3, -0.25) is 14.6 Å². The normalized spacial score (nSPS) is 20.6. The van der Waals surface area contributed by atoms with Gasteiger partial charge >= 0.3 is 0 Å². The summed E-state index contributed by atoms with van der Waals surface area (Å²) in [5, 5.41) is 5.56. The summed E-state index contributed by atoms with van der Waals surface area (Å²) in [7, 11) is 0. The number of amides is 2. The molecule has 1 aromatic carbocycles. The maximum Gasteiger partial charge on any atom is 0.251 e. The zero-order chi connectivity index (χ0) is 18.1. The van der Waals surface area contributed by atoms with Crippen LogP contribution < -0.4 is 10.6 Å². The molecule has 1 saturated carbocycles. The highest BCUT2D eigenvalue weighted by Gasteiger charge is 2.67. The first-order chi connectivity index (χ1) is 11.8. The molecular weight excluding hydrogens is 361 g/mol. The van der Waals surface area contributed by atoms with Crippen LogP contribution in [0.4, 0.5) is 5.69 Å². The van der Waals surface area contributed by atoms with Gasteiger partial charge in [-0.2, -0.15) is 0 Å². The Bertz CT molecular complexity index is 811. The lowest BCUT2D eigenvalue weighted by molar-refractivity contribution is -0.120. The Morgan fingerprint density at radius 2 is 1.96 bits per heavy atom. The third kappa shape index (κ3) is 3.78. The van der Waals surface area contributed by atoms with Crippen molar-refractivity contribution in [2.24, 2.45) is 5.41 Å². The van der Waals surface area contributed by atoms with Gasteiger partial charge in [-0.25, -0.2) is 0 Å². The van der Waals surface area contributed by atoms with E-state index in [9.17, 15) is 9.59 Å². The molecule has 1 heterocycles. The van der Waals surface area contributed by atoms with Gasteiger partial charge in [-0.15, -0.1) is 23.2 Å². The fourth-order valence-corrected chi connectivity index (χ4v) is 3.14. The van der Waals surface area contributed by atoms with Crippen LogP contribution in [0.15, 0.2) is 48.7 Å². The maximum absolute atomic E-state index is 12.3. The van der Waals surface area contributed by atoms with E-state index in [4.69, 9.17) is 23.2 Å². The third-order valence-electron chi connectivity index (χ3n) is 4.30. The molecule has 0 saturated heterocycles.